The molecule has 1 aliphatic heterocycles. The maximum absolute atomic E-state index is 9.53. The maximum atomic E-state index is 9.53. The zero-order chi connectivity index (χ0) is 65.7. The van der Waals surface area contributed by atoms with E-state index in [0.717, 1.165) is 122 Å². The van der Waals surface area contributed by atoms with E-state index in [1.165, 1.54) is 16.7 Å². The summed E-state index contributed by atoms with van der Waals surface area (Å²) in [6, 6.07) is 74.9. The first kappa shape index (κ1) is 52.0. The Morgan fingerprint density at radius 1 is 0.462 bits per heavy atom. The van der Waals surface area contributed by atoms with E-state index in [9.17, 15) is 2.74 Å². The number of furan rings is 1. The molecule has 0 bridgehead atoms. The van der Waals surface area contributed by atoms with Crippen LogP contribution in [0, 0.1) is 18.5 Å². The van der Waals surface area contributed by atoms with Gasteiger partial charge in [-0.2, -0.15) is 18.2 Å². The first-order chi connectivity index (χ1) is 45.6. The van der Waals surface area contributed by atoms with Crippen molar-refractivity contribution in [1.29, 1.82) is 0 Å². The van der Waals surface area contributed by atoms with Crippen LogP contribution >= 0.6 is 0 Å². The SMILES string of the molecule is [2H]c1c([2H])c([2H])c(-c2cccc3c2-c2ccccc2-c2cc(-c4cc(C(C)(C)C)cc(C(C)(C)C)c4)cc4c2[n+]([c-]n4-c2[c-]c(Oc4[c-]c5c(cc4)c4ccccc4n5-c4cc(C(C)(C)C)ccn4)ccc2)-c2c(-c4ccc5oc6ccccc6c5c4)cccc2-3)c([2H])c1[2H].[Pt]. The summed E-state index contributed by atoms with van der Waals surface area (Å²) in [6.45, 7) is 20.2. The Balaban J connectivity index is 0.00000756. The quantitative estimate of drug-likeness (QED) is 0.118. The third-order valence-corrected chi connectivity index (χ3v) is 17.9. The second kappa shape index (κ2) is 21.7. The summed E-state index contributed by atoms with van der Waals surface area (Å²) in [5, 5.41) is 4.09. The Morgan fingerprint density at radius 3 is 1.89 bits per heavy atom. The molecular weight excluding hydrogens is 1290 g/mol. The maximum Gasteiger partial charge on any atom is 0.268 e. The van der Waals surface area contributed by atoms with Gasteiger partial charge in [0.2, 0.25) is 0 Å². The van der Waals surface area contributed by atoms with E-state index in [4.69, 9.17) is 18.3 Å². The van der Waals surface area contributed by atoms with Crippen LogP contribution in [0.15, 0.2) is 241 Å². The van der Waals surface area contributed by atoms with Gasteiger partial charge >= 0.3 is 0 Å². The van der Waals surface area contributed by atoms with Crippen molar-refractivity contribution in [3.63, 3.8) is 0 Å². The summed E-state index contributed by atoms with van der Waals surface area (Å²) in [7, 11) is 0. The summed E-state index contributed by atoms with van der Waals surface area (Å²) in [6.07, 6.45) is 5.90. The Morgan fingerprint density at radius 2 is 1.11 bits per heavy atom. The van der Waals surface area contributed by atoms with Gasteiger partial charge in [-0.05, 0) is 153 Å². The normalized spacial score (nSPS) is 13.1. The average molecular weight is 1360 g/mol. The summed E-state index contributed by atoms with van der Waals surface area (Å²) in [5.41, 5.74) is 19.1. The van der Waals surface area contributed by atoms with Gasteiger partial charge in [-0.3, -0.25) is 4.57 Å². The Kier molecular flexibility index (Phi) is 12.4. The van der Waals surface area contributed by atoms with Gasteiger partial charge in [0, 0.05) is 55.1 Å². The molecule has 5 heterocycles. The minimum atomic E-state index is -0.449. The van der Waals surface area contributed by atoms with Crippen LogP contribution in [0.3, 0.4) is 0 Å². The van der Waals surface area contributed by atoms with E-state index in [0.29, 0.717) is 22.7 Å². The molecule has 0 spiro atoms. The van der Waals surface area contributed by atoms with Crippen molar-refractivity contribution in [2.75, 3.05) is 0 Å². The smallest absolute Gasteiger partial charge is 0.268 e. The van der Waals surface area contributed by atoms with E-state index < -0.39 is 18.1 Å². The second-order valence-corrected chi connectivity index (χ2v) is 26.8. The van der Waals surface area contributed by atoms with Crippen LogP contribution in [0.5, 0.6) is 11.5 Å². The summed E-state index contributed by atoms with van der Waals surface area (Å²) >= 11 is 0. The molecule has 0 unspecified atom stereocenters. The van der Waals surface area contributed by atoms with Gasteiger partial charge < -0.3 is 18.3 Å². The molecule has 6 nitrogen and oxygen atoms in total. The van der Waals surface area contributed by atoms with E-state index in [1.807, 2.05) is 72.9 Å². The number of benzene rings is 11. The Hall–Kier alpha value is -9.87. The van der Waals surface area contributed by atoms with Crippen molar-refractivity contribution in [1.82, 2.24) is 14.1 Å². The van der Waals surface area contributed by atoms with Crippen LogP contribution in [-0.2, 0) is 37.3 Å². The van der Waals surface area contributed by atoms with Crippen molar-refractivity contribution in [2.24, 2.45) is 0 Å². The molecule has 91 heavy (non-hydrogen) atoms. The first-order valence-electron chi connectivity index (χ1n) is 33.3. The topological polar surface area (TPSA) is 49.0 Å². The van der Waals surface area contributed by atoms with Crippen LogP contribution in [0.1, 0.15) is 85.9 Å². The van der Waals surface area contributed by atoms with E-state index in [2.05, 4.69) is 228 Å². The van der Waals surface area contributed by atoms with Crippen molar-refractivity contribution in [3.8, 4) is 95.5 Å². The van der Waals surface area contributed by atoms with Gasteiger partial charge in [0.15, 0.2) is 0 Å². The zero-order valence-corrected chi connectivity index (χ0v) is 54.3. The van der Waals surface area contributed by atoms with Gasteiger partial charge in [-0.1, -0.05) is 225 Å². The zero-order valence-electron chi connectivity index (χ0n) is 57.1. The number of hydrogen-bond donors (Lipinski definition) is 0. The number of ether oxygens (including phenoxy) is 1. The number of nitrogens with zero attached hydrogens (tertiary/aromatic N) is 4. The molecule has 1 aliphatic rings. The molecule has 446 valence electrons. The van der Waals surface area contributed by atoms with Crippen LogP contribution in [0.25, 0.3) is 139 Å². The molecule has 0 saturated heterocycles. The van der Waals surface area contributed by atoms with Gasteiger partial charge in [0.25, 0.3) is 6.33 Å². The van der Waals surface area contributed by atoms with Gasteiger partial charge in [0.05, 0.1) is 23.6 Å². The number of imidazole rings is 1. The summed E-state index contributed by atoms with van der Waals surface area (Å²) in [5.74, 6) is 1.78. The molecule has 11 aromatic carbocycles. The van der Waals surface area contributed by atoms with Crippen molar-refractivity contribution >= 4 is 54.8 Å². The van der Waals surface area contributed by atoms with Gasteiger partial charge in [-0.25, -0.2) is 4.98 Å². The third kappa shape index (κ3) is 9.82. The molecular formula is C84H66N4O2Pt-2. The largest absolute Gasteiger partial charge is 0.510 e. The molecule has 0 N–H and O–H groups in total. The molecule has 0 radical (unpaired) electrons. The van der Waals surface area contributed by atoms with Crippen LogP contribution in [0.4, 0.5) is 0 Å². The fourth-order valence-corrected chi connectivity index (χ4v) is 13.3. The van der Waals surface area contributed by atoms with E-state index in [-0.39, 0.29) is 55.0 Å². The summed E-state index contributed by atoms with van der Waals surface area (Å²) < 4.78 is 65.6. The summed E-state index contributed by atoms with van der Waals surface area (Å²) in [4.78, 5) is 4.94. The molecule has 4 aromatic heterocycles. The fourth-order valence-electron chi connectivity index (χ4n) is 13.3. The predicted octanol–water partition coefficient (Wildman–Crippen LogP) is 21.7. The number of para-hydroxylation sites is 3. The first-order valence-corrected chi connectivity index (χ1v) is 30.8. The molecule has 16 rings (SSSR count). The minimum absolute atomic E-state index is 0. The van der Waals surface area contributed by atoms with Crippen LogP contribution < -0.4 is 9.30 Å². The molecule has 15 aromatic rings. The second-order valence-electron chi connectivity index (χ2n) is 26.8. The van der Waals surface area contributed by atoms with E-state index >= 15 is 0 Å². The number of hydrogen-bond acceptors (Lipinski definition) is 3. The number of aromatic nitrogens is 4. The molecule has 0 amide bonds. The number of pyridine rings is 1. The number of rotatable bonds is 7. The monoisotopic (exact) mass is 1360 g/mol. The van der Waals surface area contributed by atoms with Gasteiger partial charge in [-0.15, -0.1) is 29.7 Å². The van der Waals surface area contributed by atoms with Crippen molar-refractivity contribution in [3.05, 3.63) is 272 Å². The fraction of sp³-hybridized carbons (Fsp3) is 0.143. The van der Waals surface area contributed by atoms with Crippen LogP contribution in [-0.4, -0.2) is 14.1 Å². The standard InChI is InChI=1S/C84H66N4O2.Pt/c1-82(2,3)56-40-41-85-78(48-56)88-73-34-17-15-27-65(73)66-38-37-61(50-74(66)88)89-60-25-19-24-59(49-60)86-51-87-80-63(53-36-39-77-71(44-53)67-28-16-18-35-76(67)90-77)31-21-33-70(80)69-32-20-30-62(52-22-11-10-12-23-52)79(69)68-29-14-13-26-64(68)72-45-55(46-75(86)81(72)87)54-42-57(83(4,5)6)47-58(43-54)84(7,8)9;/h10-48H,1-9H3;/q-2;/i10D,11D,12D,22D,23D;. The van der Waals surface area contributed by atoms with E-state index in [1.54, 1.807) is 0 Å². The molecule has 0 aliphatic carbocycles. The number of fused-ring (bicyclic) bond motifs is 13. The third-order valence-electron chi connectivity index (χ3n) is 17.9. The average Bonchev–Trinajstić information content (AvgIpc) is 1.51. The molecule has 0 atom stereocenters. The Labute approximate surface area is 553 Å². The predicted molar refractivity (Wildman–Crippen MR) is 370 cm³/mol. The van der Waals surface area contributed by atoms with Crippen molar-refractivity contribution < 1.29 is 41.6 Å². The van der Waals surface area contributed by atoms with Gasteiger partial charge in [0.1, 0.15) is 17.0 Å². The molecule has 7 heteroatoms. The van der Waals surface area contributed by atoms with Crippen LogP contribution in [0.2, 0.25) is 0 Å². The Bertz CT molecular complexity index is 5680. The molecule has 0 saturated carbocycles. The molecule has 0 fully saturated rings. The van der Waals surface area contributed by atoms with Crippen molar-refractivity contribution in [2.45, 2.75) is 78.6 Å². The minimum Gasteiger partial charge on any atom is -0.510 e.